The molecule has 4 nitrogen and oxygen atoms in total. The molecule has 0 saturated carbocycles. The molecule has 0 amide bonds. The average Bonchev–Trinajstić information content (AvgIpc) is 2.95. The van der Waals surface area contributed by atoms with Crippen LogP contribution in [0, 0.1) is 0 Å². The zero-order valence-electron chi connectivity index (χ0n) is 8.32. The zero-order valence-corrected chi connectivity index (χ0v) is 9.74. The maximum Gasteiger partial charge on any atom is 0.134 e. The summed E-state index contributed by atoms with van der Waals surface area (Å²) in [6, 6.07) is 1.10. The van der Waals surface area contributed by atoms with Crippen LogP contribution in [0.15, 0.2) is 0 Å². The molecule has 0 radical (unpaired) electrons. The molecule has 0 bridgehead atoms. The van der Waals surface area contributed by atoms with Crippen LogP contribution in [0.1, 0.15) is 0 Å². The second kappa shape index (κ2) is 6.50. The van der Waals surface area contributed by atoms with E-state index in [9.17, 15) is 0 Å². The molecule has 1 rings (SSSR count). The average molecular weight is 206 g/mol. The molecule has 0 aromatic heterocycles. The third-order valence-electron chi connectivity index (χ3n) is 1.96. The van der Waals surface area contributed by atoms with Gasteiger partial charge in [0, 0.05) is 20.8 Å². The molecule has 0 N–H and O–H groups in total. The van der Waals surface area contributed by atoms with E-state index in [-0.39, 0.29) is 15.4 Å². The fraction of sp³-hybridized carbons (Fsp3) is 1.00. The van der Waals surface area contributed by atoms with Crippen molar-refractivity contribution in [2.75, 3.05) is 34.0 Å². The third kappa shape index (κ3) is 5.38. The molecule has 13 heavy (non-hydrogen) atoms. The second-order valence-electron chi connectivity index (χ2n) is 3.07. The predicted molar refractivity (Wildman–Crippen MR) is 51.7 cm³/mol. The Labute approximate surface area is 81.3 Å². The summed E-state index contributed by atoms with van der Waals surface area (Å²) in [7, 11) is 3.05. The highest BCUT2D eigenvalue weighted by Crippen LogP contribution is 2.08. The Morgan fingerprint density at radius 1 is 1.46 bits per heavy atom. The quantitative estimate of drug-likeness (QED) is 0.234. The molecule has 1 saturated heterocycles. The van der Waals surface area contributed by atoms with Gasteiger partial charge < -0.3 is 18.9 Å². The van der Waals surface area contributed by atoms with Gasteiger partial charge in [0.2, 0.25) is 0 Å². The van der Waals surface area contributed by atoms with Gasteiger partial charge in [-0.2, -0.15) is 0 Å². The van der Waals surface area contributed by atoms with Crippen LogP contribution in [0.5, 0.6) is 0 Å². The molecular formula is C8H18O4Si. The first-order valence-corrected chi connectivity index (χ1v) is 6.43. The van der Waals surface area contributed by atoms with Crippen molar-refractivity contribution < 1.29 is 18.9 Å². The van der Waals surface area contributed by atoms with Crippen molar-refractivity contribution in [2.45, 2.75) is 18.1 Å². The van der Waals surface area contributed by atoms with E-state index < -0.39 is 0 Å². The highest BCUT2D eigenvalue weighted by molar-refractivity contribution is 6.36. The summed E-state index contributed by atoms with van der Waals surface area (Å²) >= 11 is 0. The van der Waals surface area contributed by atoms with E-state index in [2.05, 4.69) is 0 Å². The fourth-order valence-electron chi connectivity index (χ4n) is 1.06. The lowest BCUT2D eigenvalue weighted by molar-refractivity contribution is -0.0445. The summed E-state index contributed by atoms with van der Waals surface area (Å²) in [5.74, 6) is 0.0424. The van der Waals surface area contributed by atoms with Gasteiger partial charge in [-0.25, -0.2) is 0 Å². The monoisotopic (exact) mass is 206 g/mol. The number of ether oxygens (including phenoxy) is 4. The summed E-state index contributed by atoms with van der Waals surface area (Å²) in [6.07, 6.45) is 0.377. The first-order valence-electron chi connectivity index (χ1n) is 4.61. The molecule has 0 aromatic rings. The van der Waals surface area contributed by atoms with Gasteiger partial charge in [-0.05, 0) is 6.04 Å². The Bertz CT molecular complexity index is 125. The number of hydrogen-bond acceptors (Lipinski definition) is 4. The molecule has 1 atom stereocenters. The maximum absolute atomic E-state index is 5.40. The minimum absolute atomic E-state index is 0.0424. The van der Waals surface area contributed by atoms with Gasteiger partial charge >= 0.3 is 0 Å². The van der Waals surface area contributed by atoms with Crippen molar-refractivity contribution in [3.63, 3.8) is 0 Å². The van der Waals surface area contributed by atoms with E-state index in [0.717, 1.165) is 25.9 Å². The SMILES string of the molecule is COC(OC)[SiH2]CCOCC1CO1. The Morgan fingerprint density at radius 3 is 2.69 bits per heavy atom. The van der Waals surface area contributed by atoms with Gasteiger partial charge in [-0.1, -0.05) is 0 Å². The van der Waals surface area contributed by atoms with Gasteiger partial charge in [0.25, 0.3) is 0 Å². The van der Waals surface area contributed by atoms with Crippen LogP contribution in [0.4, 0.5) is 0 Å². The Hall–Kier alpha value is 0.0569. The van der Waals surface area contributed by atoms with Crippen LogP contribution in [-0.2, 0) is 18.9 Å². The maximum atomic E-state index is 5.40. The van der Waals surface area contributed by atoms with E-state index in [0.29, 0.717) is 6.10 Å². The Kier molecular flexibility index (Phi) is 5.57. The number of rotatable bonds is 8. The van der Waals surface area contributed by atoms with Crippen LogP contribution < -0.4 is 0 Å². The van der Waals surface area contributed by atoms with Crippen LogP contribution in [0.2, 0.25) is 6.04 Å². The summed E-state index contributed by atoms with van der Waals surface area (Å²) in [4.78, 5) is 0. The lowest BCUT2D eigenvalue weighted by Gasteiger charge is -2.12. The van der Waals surface area contributed by atoms with Gasteiger partial charge in [-0.3, -0.25) is 0 Å². The Morgan fingerprint density at radius 2 is 2.15 bits per heavy atom. The largest absolute Gasteiger partial charge is 0.379 e. The van der Waals surface area contributed by atoms with Crippen molar-refractivity contribution in [3.05, 3.63) is 0 Å². The van der Waals surface area contributed by atoms with Crippen molar-refractivity contribution in [3.8, 4) is 0 Å². The minimum Gasteiger partial charge on any atom is -0.379 e. The van der Waals surface area contributed by atoms with E-state index in [1.807, 2.05) is 0 Å². The highest BCUT2D eigenvalue weighted by Gasteiger charge is 2.22. The first-order chi connectivity index (χ1) is 6.36. The van der Waals surface area contributed by atoms with Crippen molar-refractivity contribution in [2.24, 2.45) is 0 Å². The second-order valence-corrected chi connectivity index (χ2v) is 5.02. The molecule has 1 unspecified atom stereocenters. The first kappa shape index (κ1) is 11.1. The molecule has 0 aliphatic carbocycles. The van der Waals surface area contributed by atoms with Gasteiger partial charge in [0.05, 0.1) is 22.7 Å². The molecule has 1 aliphatic heterocycles. The molecule has 1 aliphatic rings. The van der Waals surface area contributed by atoms with Gasteiger partial charge in [-0.15, -0.1) is 0 Å². The van der Waals surface area contributed by atoms with Gasteiger partial charge in [0.15, 0.2) is 0 Å². The van der Waals surface area contributed by atoms with E-state index >= 15 is 0 Å². The molecule has 1 heterocycles. The van der Waals surface area contributed by atoms with Crippen LogP contribution in [-0.4, -0.2) is 55.6 Å². The molecule has 5 heteroatoms. The van der Waals surface area contributed by atoms with Gasteiger partial charge in [0.1, 0.15) is 12.0 Å². The topological polar surface area (TPSA) is 40.2 Å². The number of methoxy groups -OCH3 is 2. The zero-order chi connectivity index (χ0) is 9.52. The molecule has 78 valence electrons. The highest BCUT2D eigenvalue weighted by atomic mass is 28.2. The molecule has 0 spiro atoms. The van der Waals surface area contributed by atoms with Crippen molar-refractivity contribution in [1.29, 1.82) is 0 Å². The number of epoxide rings is 1. The standard InChI is InChI=1S/C8H18O4Si/c1-9-8(10-2)13-4-3-11-5-7-6-12-7/h7-8H,3-6,13H2,1-2H3. The predicted octanol–water partition coefficient (Wildman–Crippen LogP) is -0.435. The lowest BCUT2D eigenvalue weighted by atomic mass is 10.5. The van der Waals surface area contributed by atoms with E-state index in [1.54, 1.807) is 14.2 Å². The molecular weight excluding hydrogens is 188 g/mol. The minimum atomic E-state index is -0.309. The summed E-state index contributed by atoms with van der Waals surface area (Å²) in [5, 5.41) is 0. The van der Waals surface area contributed by atoms with Crippen LogP contribution >= 0.6 is 0 Å². The smallest absolute Gasteiger partial charge is 0.134 e. The fourth-order valence-corrected chi connectivity index (χ4v) is 2.24. The number of hydrogen-bond donors (Lipinski definition) is 0. The summed E-state index contributed by atoms with van der Waals surface area (Å²) < 4.78 is 20.6. The van der Waals surface area contributed by atoms with Crippen molar-refractivity contribution in [1.82, 2.24) is 0 Å². The van der Waals surface area contributed by atoms with E-state index in [1.165, 1.54) is 0 Å². The Balaban J connectivity index is 1.81. The van der Waals surface area contributed by atoms with Crippen molar-refractivity contribution >= 4 is 9.52 Å². The van der Waals surface area contributed by atoms with E-state index in [4.69, 9.17) is 18.9 Å². The normalized spacial score (nSPS) is 21.9. The molecule has 0 aromatic carbocycles. The third-order valence-corrected chi connectivity index (χ3v) is 3.80. The summed E-state index contributed by atoms with van der Waals surface area (Å²) in [6.45, 7) is 2.44. The summed E-state index contributed by atoms with van der Waals surface area (Å²) in [5.41, 5.74) is 0. The lowest BCUT2D eigenvalue weighted by Crippen LogP contribution is -2.22. The molecule has 1 fully saturated rings. The van der Waals surface area contributed by atoms with Crippen LogP contribution in [0.25, 0.3) is 0 Å². The van der Waals surface area contributed by atoms with Crippen LogP contribution in [0.3, 0.4) is 0 Å².